The molecule has 0 bridgehead atoms. The molecule has 2 N–H and O–H groups in total. The van der Waals surface area contributed by atoms with Crippen LogP contribution in [0, 0.1) is 0 Å². The molecule has 1 spiro atoms. The number of nitrogens with one attached hydrogen (secondary N) is 2. The highest BCUT2D eigenvalue weighted by atomic mass is 16.7. The number of fused-ring (bicyclic) bond motifs is 3. The Morgan fingerprint density at radius 3 is 2.92 bits per heavy atom. The molecule has 3 aliphatic heterocycles. The van der Waals surface area contributed by atoms with Crippen LogP contribution < -0.4 is 20.1 Å². The number of amides is 3. The van der Waals surface area contributed by atoms with Gasteiger partial charge in [0.25, 0.3) is 0 Å². The van der Waals surface area contributed by atoms with Crippen molar-refractivity contribution < 1.29 is 19.1 Å². The van der Waals surface area contributed by atoms with E-state index < -0.39 is 5.41 Å². The van der Waals surface area contributed by atoms with Crippen LogP contribution in [0.4, 0.5) is 16.2 Å². The van der Waals surface area contributed by atoms with Crippen molar-refractivity contribution in [2.75, 3.05) is 30.5 Å². The molecule has 1 fully saturated rings. The van der Waals surface area contributed by atoms with Crippen molar-refractivity contribution in [1.29, 1.82) is 0 Å². The van der Waals surface area contributed by atoms with Gasteiger partial charge in [-0.05, 0) is 30.2 Å². The predicted octanol–water partition coefficient (Wildman–Crippen LogP) is 2.54. The zero-order valence-electron chi connectivity index (χ0n) is 14.0. The van der Waals surface area contributed by atoms with Gasteiger partial charge in [0.15, 0.2) is 11.5 Å². The quantitative estimate of drug-likeness (QED) is 0.827. The zero-order valence-corrected chi connectivity index (χ0v) is 14.0. The van der Waals surface area contributed by atoms with Crippen molar-refractivity contribution in [3.63, 3.8) is 0 Å². The lowest BCUT2D eigenvalue weighted by Gasteiger charge is -2.22. The van der Waals surface area contributed by atoms with Crippen molar-refractivity contribution in [2.24, 2.45) is 0 Å². The van der Waals surface area contributed by atoms with Crippen molar-refractivity contribution in [3.8, 4) is 11.5 Å². The smallest absolute Gasteiger partial charge is 0.321 e. The molecule has 0 radical (unpaired) electrons. The van der Waals surface area contributed by atoms with E-state index in [0.29, 0.717) is 36.7 Å². The highest BCUT2D eigenvalue weighted by Gasteiger charge is 2.51. The molecule has 3 heterocycles. The summed E-state index contributed by atoms with van der Waals surface area (Å²) in [5, 5.41) is 5.82. The average Bonchev–Trinajstić information content (AvgIpc) is 3.35. The summed E-state index contributed by atoms with van der Waals surface area (Å²) in [5.74, 6) is 1.25. The summed E-state index contributed by atoms with van der Waals surface area (Å²) in [6.07, 6.45) is 0.615. The minimum absolute atomic E-state index is 0.0305. The molecule has 1 unspecified atom stereocenters. The average molecular weight is 351 g/mol. The number of ether oxygens (including phenoxy) is 2. The summed E-state index contributed by atoms with van der Waals surface area (Å²) in [6, 6.07) is 12.7. The number of carbonyl (C=O) groups is 2. The Morgan fingerprint density at radius 2 is 2.00 bits per heavy atom. The maximum Gasteiger partial charge on any atom is 0.321 e. The molecule has 3 amide bonds. The molecule has 0 saturated carbocycles. The molecule has 2 aromatic rings. The molecule has 3 aliphatic rings. The zero-order chi connectivity index (χ0) is 17.7. The van der Waals surface area contributed by atoms with E-state index in [1.165, 1.54) is 0 Å². The van der Waals surface area contributed by atoms with Crippen LogP contribution in [0.3, 0.4) is 0 Å². The number of likely N-dealkylation sites (tertiary alicyclic amines) is 1. The standard InChI is InChI=1S/C19H17N3O4/c23-17-19(13-3-1-2-4-14(13)21-17)7-8-22(10-19)18(24)20-12-5-6-15-16(9-12)26-11-25-15/h1-6,9H,7-8,10-11H2,(H,20,24)(H,21,23). The molecule has 1 saturated heterocycles. The summed E-state index contributed by atoms with van der Waals surface area (Å²) >= 11 is 0. The number of hydrogen-bond donors (Lipinski definition) is 2. The van der Waals surface area contributed by atoms with Crippen LogP contribution in [0.15, 0.2) is 42.5 Å². The van der Waals surface area contributed by atoms with E-state index in [1.807, 2.05) is 24.3 Å². The van der Waals surface area contributed by atoms with Gasteiger partial charge in [0.2, 0.25) is 12.7 Å². The molecule has 2 aromatic carbocycles. The Labute approximate surface area is 149 Å². The molecule has 5 rings (SSSR count). The summed E-state index contributed by atoms with van der Waals surface area (Å²) < 4.78 is 10.6. The number of hydrogen-bond acceptors (Lipinski definition) is 4. The molecule has 0 aliphatic carbocycles. The van der Waals surface area contributed by atoms with Gasteiger partial charge < -0.3 is 25.0 Å². The fourth-order valence-electron chi connectivity index (χ4n) is 3.94. The van der Waals surface area contributed by atoms with Crippen LogP contribution in [0.2, 0.25) is 0 Å². The molecule has 132 valence electrons. The second-order valence-electron chi connectivity index (χ2n) is 6.75. The normalized spacial score (nSPS) is 22.5. The van der Waals surface area contributed by atoms with Gasteiger partial charge in [0, 0.05) is 30.5 Å². The number of anilines is 2. The Bertz CT molecular complexity index is 929. The van der Waals surface area contributed by atoms with Gasteiger partial charge in [-0.15, -0.1) is 0 Å². The number of rotatable bonds is 1. The molecular formula is C19H17N3O4. The number of carbonyl (C=O) groups excluding carboxylic acids is 2. The highest BCUT2D eigenvalue weighted by Crippen LogP contribution is 2.44. The fourth-order valence-corrected chi connectivity index (χ4v) is 3.94. The van der Waals surface area contributed by atoms with E-state index in [9.17, 15) is 9.59 Å². The first-order valence-corrected chi connectivity index (χ1v) is 8.52. The van der Waals surface area contributed by atoms with E-state index in [-0.39, 0.29) is 18.7 Å². The molecule has 7 nitrogen and oxygen atoms in total. The number of urea groups is 1. The second-order valence-corrected chi connectivity index (χ2v) is 6.75. The minimum atomic E-state index is -0.650. The van der Waals surface area contributed by atoms with E-state index in [0.717, 1.165) is 11.3 Å². The fraction of sp³-hybridized carbons (Fsp3) is 0.263. The van der Waals surface area contributed by atoms with Crippen molar-refractivity contribution in [1.82, 2.24) is 4.90 Å². The molecule has 0 aromatic heterocycles. The summed E-state index contributed by atoms with van der Waals surface area (Å²) in [6.45, 7) is 1.08. The number of nitrogens with zero attached hydrogens (tertiary/aromatic N) is 1. The Kier molecular flexibility index (Phi) is 3.12. The van der Waals surface area contributed by atoms with Crippen LogP contribution in [-0.2, 0) is 10.2 Å². The molecule has 1 atom stereocenters. The third-order valence-electron chi connectivity index (χ3n) is 5.31. The van der Waals surface area contributed by atoms with Gasteiger partial charge in [0.1, 0.15) is 0 Å². The first-order valence-electron chi connectivity index (χ1n) is 8.52. The van der Waals surface area contributed by atoms with Crippen molar-refractivity contribution in [2.45, 2.75) is 11.8 Å². The van der Waals surface area contributed by atoms with Gasteiger partial charge >= 0.3 is 6.03 Å². The number of benzene rings is 2. The van der Waals surface area contributed by atoms with Gasteiger partial charge in [-0.25, -0.2) is 4.79 Å². The van der Waals surface area contributed by atoms with E-state index in [2.05, 4.69) is 10.6 Å². The largest absolute Gasteiger partial charge is 0.454 e. The Hall–Kier alpha value is -3.22. The number of para-hydroxylation sites is 1. The Morgan fingerprint density at radius 1 is 1.15 bits per heavy atom. The lowest BCUT2D eigenvalue weighted by Crippen LogP contribution is -2.40. The minimum Gasteiger partial charge on any atom is -0.454 e. The second kappa shape index (κ2) is 5.39. The van der Waals surface area contributed by atoms with E-state index in [1.54, 1.807) is 23.1 Å². The van der Waals surface area contributed by atoms with Gasteiger partial charge in [-0.1, -0.05) is 18.2 Å². The maximum atomic E-state index is 12.7. The monoisotopic (exact) mass is 351 g/mol. The predicted molar refractivity (Wildman–Crippen MR) is 94.5 cm³/mol. The highest BCUT2D eigenvalue weighted by molar-refractivity contribution is 6.07. The lowest BCUT2D eigenvalue weighted by molar-refractivity contribution is -0.120. The maximum absolute atomic E-state index is 12.7. The van der Waals surface area contributed by atoms with Crippen LogP contribution in [0.25, 0.3) is 0 Å². The third-order valence-corrected chi connectivity index (χ3v) is 5.31. The summed E-state index contributed by atoms with van der Waals surface area (Å²) in [5.41, 5.74) is 1.80. The third kappa shape index (κ3) is 2.13. The molecule has 26 heavy (non-hydrogen) atoms. The first kappa shape index (κ1) is 15.1. The topological polar surface area (TPSA) is 79.9 Å². The van der Waals surface area contributed by atoms with Crippen LogP contribution in [0.1, 0.15) is 12.0 Å². The van der Waals surface area contributed by atoms with E-state index in [4.69, 9.17) is 9.47 Å². The van der Waals surface area contributed by atoms with Gasteiger partial charge in [-0.2, -0.15) is 0 Å². The summed E-state index contributed by atoms with van der Waals surface area (Å²) in [4.78, 5) is 27.0. The first-order chi connectivity index (χ1) is 12.7. The van der Waals surface area contributed by atoms with Crippen molar-refractivity contribution >= 4 is 23.3 Å². The van der Waals surface area contributed by atoms with Crippen LogP contribution in [-0.4, -0.2) is 36.7 Å². The van der Waals surface area contributed by atoms with Gasteiger partial charge in [-0.3, -0.25) is 4.79 Å². The van der Waals surface area contributed by atoms with Gasteiger partial charge in [0.05, 0.1) is 5.41 Å². The van der Waals surface area contributed by atoms with E-state index >= 15 is 0 Å². The SMILES string of the molecule is O=C(Nc1ccc2c(c1)OCO2)N1CCC2(C1)C(=O)Nc1ccccc12. The molecule has 7 heteroatoms. The lowest BCUT2D eigenvalue weighted by atomic mass is 9.81. The molecular weight excluding hydrogens is 334 g/mol. The van der Waals surface area contributed by atoms with Crippen molar-refractivity contribution in [3.05, 3.63) is 48.0 Å². The summed E-state index contributed by atoms with van der Waals surface area (Å²) in [7, 11) is 0. The van der Waals surface area contributed by atoms with Crippen LogP contribution in [0.5, 0.6) is 11.5 Å². The van der Waals surface area contributed by atoms with Crippen LogP contribution >= 0.6 is 0 Å². The Balaban J connectivity index is 1.35.